The average molecular weight is 470 g/mol. The molecular formula is C24H23F5O4. The molecule has 2 aromatic carbocycles. The van der Waals surface area contributed by atoms with Crippen LogP contribution >= 0.6 is 0 Å². The Morgan fingerprint density at radius 1 is 1.12 bits per heavy atom. The van der Waals surface area contributed by atoms with Gasteiger partial charge in [-0.3, -0.25) is 0 Å². The highest BCUT2D eigenvalue weighted by molar-refractivity contribution is 5.98. The van der Waals surface area contributed by atoms with Crippen LogP contribution in [0.2, 0.25) is 0 Å². The SMILES string of the molecule is COC(=O)c1c(C=Cc2ccc(C(F)(F)F)cc2)cc(OCC(F)F)c(CC=C(C)C)c1O. The lowest BCUT2D eigenvalue weighted by molar-refractivity contribution is -0.137. The van der Waals surface area contributed by atoms with Gasteiger partial charge in [0.1, 0.15) is 23.7 Å². The smallest absolute Gasteiger partial charge is 0.416 e. The normalized spacial score (nSPS) is 11.7. The van der Waals surface area contributed by atoms with Crippen molar-refractivity contribution in [3.05, 3.63) is 69.8 Å². The number of carbonyl (C=O) groups excluding carboxylic acids is 1. The van der Waals surface area contributed by atoms with Gasteiger partial charge in [0.05, 0.1) is 12.7 Å². The number of aromatic hydroxyl groups is 1. The van der Waals surface area contributed by atoms with E-state index in [0.717, 1.165) is 24.8 Å². The van der Waals surface area contributed by atoms with E-state index in [2.05, 4.69) is 0 Å². The first-order chi connectivity index (χ1) is 15.4. The minimum Gasteiger partial charge on any atom is -0.507 e. The zero-order valence-corrected chi connectivity index (χ0v) is 18.2. The maximum absolute atomic E-state index is 12.8. The predicted molar refractivity (Wildman–Crippen MR) is 114 cm³/mol. The Labute approximate surface area is 187 Å². The Morgan fingerprint density at radius 3 is 2.27 bits per heavy atom. The van der Waals surface area contributed by atoms with Gasteiger partial charge in [-0.05, 0) is 49.6 Å². The van der Waals surface area contributed by atoms with E-state index in [1.807, 2.05) is 0 Å². The third-order valence-electron chi connectivity index (χ3n) is 4.56. The van der Waals surface area contributed by atoms with Crippen LogP contribution in [-0.4, -0.2) is 31.2 Å². The van der Waals surface area contributed by atoms with Gasteiger partial charge in [0.2, 0.25) is 0 Å². The fourth-order valence-corrected chi connectivity index (χ4v) is 2.91. The molecule has 0 saturated carbocycles. The second-order valence-corrected chi connectivity index (χ2v) is 7.30. The molecule has 0 aromatic heterocycles. The molecule has 0 atom stereocenters. The molecule has 4 nitrogen and oxygen atoms in total. The van der Waals surface area contributed by atoms with Crippen molar-refractivity contribution < 1.29 is 41.3 Å². The van der Waals surface area contributed by atoms with E-state index in [4.69, 9.17) is 9.47 Å². The molecule has 0 spiro atoms. The molecule has 0 heterocycles. The quantitative estimate of drug-likeness (QED) is 0.207. The van der Waals surface area contributed by atoms with Gasteiger partial charge in [0.25, 0.3) is 6.43 Å². The van der Waals surface area contributed by atoms with E-state index >= 15 is 0 Å². The van der Waals surface area contributed by atoms with Crippen molar-refractivity contribution in [1.82, 2.24) is 0 Å². The number of phenolic OH excluding ortho intramolecular Hbond substituents is 1. The molecule has 9 heteroatoms. The van der Waals surface area contributed by atoms with Crippen molar-refractivity contribution in [2.75, 3.05) is 13.7 Å². The lowest BCUT2D eigenvalue weighted by Gasteiger charge is -2.17. The minimum absolute atomic E-state index is 0.0509. The number of carbonyl (C=O) groups is 1. The van der Waals surface area contributed by atoms with Gasteiger partial charge in [0, 0.05) is 5.56 Å². The Balaban J connectivity index is 2.57. The summed E-state index contributed by atoms with van der Waals surface area (Å²) in [6, 6.07) is 5.57. The number of esters is 1. The molecule has 0 amide bonds. The van der Waals surface area contributed by atoms with Gasteiger partial charge in [-0.1, -0.05) is 35.9 Å². The molecule has 0 bridgehead atoms. The predicted octanol–water partition coefficient (Wildman–Crippen LogP) is 6.52. The molecule has 1 N–H and O–H groups in total. The molecule has 33 heavy (non-hydrogen) atoms. The number of alkyl halides is 5. The third-order valence-corrected chi connectivity index (χ3v) is 4.56. The summed E-state index contributed by atoms with van der Waals surface area (Å²) in [6.45, 7) is 2.68. The van der Waals surface area contributed by atoms with Crippen LogP contribution in [0.15, 0.2) is 42.0 Å². The molecular weight excluding hydrogens is 447 g/mol. The molecule has 178 valence electrons. The van der Waals surface area contributed by atoms with Crippen molar-refractivity contribution in [2.45, 2.75) is 32.9 Å². The largest absolute Gasteiger partial charge is 0.507 e. The van der Waals surface area contributed by atoms with Gasteiger partial charge in [-0.2, -0.15) is 13.2 Å². The number of hydrogen-bond donors (Lipinski definition) is 1. The third kappa shape index (κ3) is 7.06. The van der Waals surface area contributed by atoms with E-state index in [0.29, 0.717) is 5.56 Å². The molecule has 0 saturated heterocycles. The second-order valence-electron chi connectivity index (χ2n) is 7.30. The molecule has 0 aliphatic rings. The van der Waals surface area contributed by atoms with Gasteiger partial charge < -0.3 is 14.6 Å². The van der Waals surface area contributed by atoms with Crippen LogP contribution in [0.4, 0.5) is 22.0 Å². The number of benzene rings is 2. The van der Waals surface area contributed by atoms with Crippen molar-refractivity contribution in [3.63, 3.8) is 0 Å². The second kappa shape index (κ2) is 11.0. The number of hydrogen-bond acceptors (Lipinski definition) is 4. The first-order valence-corrected chi connectivity index (χ1v) is 9.80. The summed E-state index contributed by atoms with van der Waals surface area (Å²) in [5.74, 6) is -1.42. The molecule has 0 aliphatic heterocycles. The molecule has 2 aromatic rings. The van der Waals surface area contributed by atoms with Gasteiger partial charge >= 0.3 is 12.1 Å². The Hall–Kier alpha value is -3.36. The van der Waals surface area contributed by atoms with Gasteiger partial charge in [0.15, 0.2) is 0 Å². The maximum Gasteiger partial charge on any atom is 0.416 e. The number of halogens is 5. The summed E-state index contributed by atoms with van der Waals surface area (Å²) in [4.78, 5) is 12.4. The topological polar surface area (TPSA) is 55.8 Å². The molecule has 0 unspecified atom stereocenters. The highest BCUT2D eigenvalue weighted by Gasteiger charge is 2.30. The maximum atomic E-state index is 12.8. The van der Waals surface area contributed by atoms with Crippen LogP contribution in [-0.2, 0) is 17.3 Å². The fraction of sp³-hybridized carbons (Fsp3) is 0.292. The first-order valence-electron chi connectivity index (χ1n) is 9.80. The summed E-state index contributed by atoms with van der Waals surface area (Å²) in [7, 11) is 1.11. The molecule has 2 rings (SSSR count). The summed E-state index contributed by atoms with van der Waals surface area (Å²) < 4.78 is 73.7. The zero-order valence-electron chi connectivity index (χ0n) is 18.2. The molecule has 0 radical (unpaired) electrons. The van der Waals surface area contributed by atoms with Crippen LogP contribution in [0.25, 0.3) is 12.2 Å². The van der Waals surface area contributed by atoms with E-state index in [1.54, 1.807) is 19.9 Å². The highest BCUT2D eigenvalue weighted by Crippen LogP contribution is 2.37. The van der Waals surface area contributed by atoms with Crippen LogP contribution in [0.5, 0.6) is 11.5 Å². The van der Waals surface area contributed by atoms with Gasteiger partial charge in [-0.15, -0.1) is 0 Å². The monoisotopic (exact) mass is 470 g/mol. The van der Waals surface area contributed by atoms with Crippen molar-refractivity contribution in [1.29, 1.82) is 0 Å². The van der Waals surface area contributed by atoms with Crippen LogP contribution < -0.4 is 4.74 Å². The summed E-state index contributed by atoms with van der Waals surface area (Å²) in [5, 5.41) is 10.8. The summed E-state index contributed by atoms with van der Waals surface area (Å²) in [5.41, 5.74) is 0.441. The first kappa shape index (κ1) is 25.9. The Morgan fingerprint density at radius 2 is 1.76 bits per heavy atom. The summed E-state index contributed by atoms with van der Waals surface area (Å²) >= 11 is 0. The van der Waals surface area contributed by atoms with Crippen molar-refractivity contribution in [3.8, 4) is 11.5 Å². The van der Waals surface area contributed by atoms with E-state index in [9.17, 15) is 31.9 Å². The lowest BCUT2D eigenvalue weighted by atomic mass is 9.97. The minimum atomic E-state index is -4.48. The Bertz CT molecular complexity index is 1030. The highest BCUT2D eigenvalue weighted by atomic mass is 19.4. The summed E-state index contributed by atoms with van der Waals surface area (Å²) in [6.07, 6.45) is -2.65. The standard InChI is InChI=1S/C24H23F5O4/c1-14(2)4-11-18-19(33-13-20(25)26)12-16(21(22(18)30)23(31)32-3)8-5-15-6-9-17(10-7-15)24(27,28)29/h4-10,12,20,30H,11,13H2,1-3H3. The van der Waals surface area contributed by atoms with Crippen LogP contribution in [0.3, 0.4) is 0 Å². The van der Waals surface area contributed by atoms with Crippen molar-refractivity contribution in [2.24, 2.45) is 0 Å². The number of allylic oxidation sites excluding steroid dienone is 2. The zero-order chi connectivity index (χ0) is 24.8. The van der Waals surface area contributed by atoms with Crippen LogP contribution in [0, 0.1) is 0 Å². The lowest BCUT2D eigenvalue weighted by Crippen LogP contribution is -2.11. The molecule has 0 aliphatic carbocycles. The fourth-order valence-electron chi connectivity index (χ4n) is 2.91. The van der Waals surface area contributed by atoms with E-state index in [-0.39, 0.29) is 28.9 Å². The number of methoxy groups -OCH3 is 1. The van der Waals surface area contributed by atoms with E-state index in [1.165, 1.54) is 30.4 Å². The van der Waals surface area contributed by atoms with Crippen molar-refractivity contribution >= 4 is 18.1 Å². The Kier molecular flexibility index (Phi) is 8.62. The number of ether oxygens (including phenoxy) is 2. The average Bonchev–Trinajstić information content (AvgIpc) is 2.74. The van der Waals surface area contributed by atoms with Crippen LogP contribution in [0.1, 0.15) is 46.5 Å². The van der Waals surface area contributed by atoms with Gasteiger partial charge in [-0.25, -0.2) is 13.6 Å². The number of phenols is 1. The molecule has 0 fully saturated rings. The number of rotatable bonds is 8. The van der Waals surface area contributed by atoms with E-state index < -0.39 is 36.5 Å².